The topological polar surface area (TPSA) is 33.5 Å². The van der Waals surface area contributed by atoms with E-state index < -0.39 is 0 Å². The summed E-state index contributed by atoms with van der Waals surface area (Å²) in [5.74, 6) is 1.06. The quantitative estimate of drug-likeness (QED) is 0.480. The van der Waals surface area contributed by atoms with Crippen molar-refractivity contribution in [2.45, 2.75) is 6.54 Å². The average Bonchev–Trinajstić information content (AvgIpc) is 3.41. The van der Waals surface area contributed by atoms with E-state index in [0.717, 1.165) is 43.4 Å². The molecule has 29 heavy (non-hydrogen) atoms. The molecule has 1 fully saturated rings. The largest absolute Gasteiger partial charge is 0.345 e. The van der Waals surface area contributed by atoms with Crippen LogP contribution >= 0.6 is 45.9 Å². The number of benzene rings is 1. The lowest BCUT2D eigenvalue weighted by atomic mass is 10.1. The molecule has 1 aromatic carbocycles. The highest BCUT2D eigenvalue weighted by Gasteiger charge is 2.24. The highest BCUT2D eigenvalue weighted by atomic mass is 35.5. The zero-order valence-corrected chi connectivity index (χ0v) is 18.7. The summed E-state index contributed by atoms with van der Waals surface area (Å²) in [6.45, 7) is 5.03. The maximum absolute atomic E-state index is 6.17. The number of nitrogens with one attached hydrogen (secondary N) is 1. The van der Waals surface area contributed by atoms with E-state index in [1.165, 1.54) is 21.4 Å². The fourth-order valence-corrected chi connectivity index (χ4v) is 5.91. The predicted octanol–water partition coefficient (Wildman–Crippen LogP) is 4.63. The van der Waals surface area contributed by atoms with Gasteiger partial charge in [0, 0.05) is 21.4 Å². The summed E-state index contributed by atoms with van der Waals surface area (Å²) in [6, 6.07) is 10.2. The van der Waals surface area contributed by atoms with Crippen LogP contribution < -0.4 is 9.80 Å². The number of halogens is 2. The van der Waals surface area contributed by atoms with Gasteiger partial charge in [0.05, 0.1) is 41.6 Å². The molecule has 1 aliphatic rings. The SMILES string of the molecule is Clc1ccc(C[NH+]2CCN(c3ncnc4scc(-c5cccs5)c34)CC2)cc1Cl. The highest BCUT2D eigenvalue weighted by molar-refractivity contribution is 7.18. The van der Waals surface area contributed by atoms with E-state index in [1.807, 2.05) is 12.1 Å². The summed E-state index contributed by atoms with van der Waals surface area (Å²) in [6.07, 6.45) is 1.70. The van der Waals surface area contributed by atoms with E-state index >= 15 is 0 Å². The van der Waals surface area contributed by atoms with E-state index in [-0.39, 0.29) is 0 Å². The number of piperazine rings is 1. The van der Waals surface area contributed by atoms with Crippen LogP contribution in [0.15, 0.2) is 47.4 Å². The van der Waals surface area contributed by atoms with Crippen molar-refractivity contribution in [1.82, 2.24) is 9.97 Å². The van der Waals surface area contributed by atoms with Crippen molar-refractivity contribution in [2.75, 3.05) is 31.1 Å². The Balaban J connectivity index is 1.35. The fourth-order valence-electron chi connectivity index (χ4n) is 3.86. The monoisotopic (exact) mass is 461 g/mol. The minimum atomic E-state index is 0.611. The number of rotatable bonds is 4. The molecule has 8 heteroatoms. The van der Waals surface area contributed by atoms with Crippen LogP contribution in [0.2, 0.25) is 10.0 Å². The minimum Gasteiger partial charge on any atom is -0.345 e. The van der Waals surface area contributed by atoms with Gasteiger partial charge in [0.1, 0.15) is 23.5 Å². The molecule has 5 rings (SSSR count). The van der Waals surface area contributed by atoms with Gasteiger partial charge < -0.3 is 9.80 Å². The fraction of sp³-hybridized carbons (Fsp3) is 0.238. The van der Waals surface area contributed by atoms with Crippen molar-refractivity contribution in [2.24, 2.45) is 0 Å². The van der Waals surface area contributed by atoms with Gasteiger partial charge in [-0.3, -0.25) is 0 Å². The second-order valence-corrected chi connectivity index (χ2v) is 9.79. The first-order chi connectivity index (χ1) is 14.2. The van der Waals surface area contributed by atoms with Crippen molar-refractivity contribution in [3.05, 3.63) is 63.0 Å². The smallest absolute Gasteiger partial charge is 0.141 e. The normalized spacial score (nSPS) is 15.3. The Morgan fingerprint density at radius 3 is 2.66 bits per heavy atom. The van der Waals surface area contributed by atoms with Crippen LogP contribution in [0.3, 0.4) is 0 Å². The molecule has 0 unspecified atom stereocenters. The maximum atomic E-state index is 6.17. The molecule has 0 bridgehead atoms. The third-order valence-electron chi connectivity index (χ3n) is 5.35. The lowest BCUT2D eigenvalue weighted by molar-refractivity contribution is -0.914. The number of quaternary nitrogens is 1. The lowest BCUT2D eigenvalue weighted by Gasteiger charge is -2.33. The van der Waals surface area contributed by atoms with Crippen molar-refractivity contribution >= 4 is 61.9 Å². The van der Waals surface area contributed by atoms with Gasteiger partial charge in [0.15, 0.2) is 0 Å². The summed E-state index contributed by atoms with van der Waals surface area (Å²) in [7, 11) is 0. The van der Waals surface area contributed by atoms with E-state index in [0.29, 0.717) is 10.0 Å². The molecule has 4 nitrogen and oxygen atoms in total. The molecule has 1 aliphatic heterocycles. The zero-order chi connectivity index (χ0) is 19.8. The summed E-state index contributed by atoms with van der Waals surface area (Å²) >= 11 is 15.7. The van der Waals surface area contributed by atoms with Gasteiger partial charge in [-0.2, -0.15) is 0 Å². The minimum absolute atomic E-state index is 0.611. The molecule has 0 saturated carbocycles. The van der Waals surface area contributed by atoms with Crippen molar-refractivity contribution in [3.63, 3.8) is 0 Å². The summed E-state index contributed by atoms with van der Waals surface area (Å²) in [5, 5.41) is 6.76. The summed E-state index contributed by atoms with van der Waals surface area (Å²) in [5.41, 5.74) is 2.48. The molecule has 0 aliphatic carbocycles. The molecule has 3 aromatic heterocycles. The van der Waals surface area contributed by atoms with Gasteiger partial charge >= 0.3 is 0 Å². The Hall–Kier alpha value is -1.70. The second-order valence-electron chi connectivity index (χ2n) is 7.17. The average molecular weight is 462 g/mol. The van der Waals surface area contributed by atoms with Gasteiger partial charge in [-0.15, -0.1) is 22.7 Å². The van der Waals surface area contributed by atoms with Gasteiger partial charge in [-0.05, 0) is 23.6 Å². The molecule has 4 aromatic rings. The van der Waals surface area contributed by atoms with E-state index in [2.05, 4.69) is 43.8 Å². The summed E-state index contributed by atoms with van der Waals surface area (Å²) in [4.78, 5) is 15.5. The Labute approximate surface area is 187 Å². The van der Waals surface area contributed by atoms with Gasteiger partial charge in [-0.25, -0.2) is 9.97 Å². The van der Waals surface area contributed by atoms with Gasteiger partial charge in [0.25, 0.3) is 0 Å². The Morgan fingerprint density at radius 1 is 1.03 bits per heavy atom. The van der Waals surface area contributed by atoms with Crippen LogP contribution in [0.5, 0.6) is 0 Å². The third kappa shape index (κ3) is 3.88. The molecule has 0 spiro atoms. The Morgan fingerprint density at radius 2 is 1.90 bits per heavy atom. The third-order valence-corrected chi connectivity index (χ3v) is 7.87. The first kappa shape index (κ1) is 19.3. The van der Waals surface area contributed by atoms with E-state index in [1.54, 1.807) is 33.9 Å². The van der Waals surface area contributed by atoms with E-state index in [9.17, 15) is 0 Å². The Kier molecular flexibility index (Phi) is 5.45. The predicted molar refractivity (Wildman–Crippen MR) is 124 cm³/mol. The van der Waals surface area contributed by atoms with Crippen LogP contribution in [0.1, 0.15) is 5.56 Å². The lowest BCUT2D eigenvalue weighted by Crippen LogP contribution is -3.13. The Bertz CT molecular complexity index is 1140. The molecular formula is C21H19Cl2N4S2+. The number of thiophene rings is 2. The van der Waals surface area contributed by atoms with Gasteiger partial charge in [-0.1, -0.05) is 35.3 Å². The molecule has 0 amide bonds. The summed E-state index contributed by atoms with van der Waals surface area (Å²) < 4.78 is 0. The molecule has 4 heterocycles. The standard InChI is InChI=1S/C21H18Cl2N4S2/c22-16-4-3-14(10-17(16)23)11-26-5-7-27(8-6-26)20-19-15(18-2-1-9-28-18)12-29-21(19)25-13-24-20/h1-4,9-10,12-13H,5-8,11H2/p+1. The van der Waals surface area contributed by atoms with Crippen LogP contribution in [-0.4, -0.2) is 36.1 Å². The van der Waals surface area contributed by atoms with Crippen LogP contribution in [0.25, 0.3) is 20.7 Å². The molecule has 0 atom stereocenters. The molecule has 1 N–H and O–H groups in total. The number of hydrogen-bond acceptors (Lipinski definition) is 5. The van der Waals surface area contributed by atoms with Crippen LogP contribution in [-0.2, 0) is 6.54 Å². The molecule has 1 saturated heterocycles. The number of fused-ring (bicyclic) bond motifs is 1. The second kappa shape index (κ2) is 8.20. The first-order valence-corrected chi connectivity index (χ1v) is 12.0. The van der Waals surface area contributed by atoms with Crippen LogP contribution in [0, 0.1) is 0 Å². The van der Waals surface area contributed by atoms with Crippen LogP contribution in [0.4, 0.5) is 5.82 Å². The first-order valence-electron chi connectivity index (χ1n) is 9.47. The van der Waals surface area contributed by atoms with E-state index in [4.69, 9.17) is 23.2 Å². The zero-order valence-electron chi connectivity index (χ0n) is 15.6. The van der Waals surface area contributed by atoms with Crippen molar-refractivity contribution in [3.8, 4) is 10.4 Å². The number of aromatic nitrogens is 2. The maximum Gasteiger partial charge on any atom is 0.141 e. The highest BCUT2D eigenvalue weighted by Crippen LogP contribution is 2.39. The van der Waals surface area contributed by atoms with Gasteiger partial charge in [0.2, 0.25) is 0 Å². The molecule has 148 valence electrons. The number of nitrogens with zero attached hydrogens (tertiary/aromatic N) is 3. The number of anilines is 1. The van der Waals surface area contributed by atoms with Crippen molar-refractivity contribution < 1.29 is 4.90 Å². The molecular weight excluding hydrogens is 443 g/mol. The number of hydrogen-bond donors (Lipinski definition) is 1. The molecule has 0 radical (unpaired) electrons. The van der Waals surface area contributed by atoms with Crippen molar-refractivity contribution in [1.29, 1.82) is 0 Å².